The lowest BCUT2D eigenvalue weighted by Gasteiger charge is -2.25. The molecule has 10 atom stereocenters. The first-order chi connectivity index (χ1) is 21.4. The van der Waals surface area contributed by atoms with Crippen molar-refractivity contribution in [1.29, 1.82) is 0 Å². The number of rotatable bonds is 10. The van der Waals surface area contributed by atoms with Crippen molar-refractivity contribution in [3.05, 3.63) is 29.3 Å². The molecule has 6 rings (SSSR count). The van der Waals surface area contributed by atoms with Gasteiger partial charge in [-0.2, -0.15) is 9.97 Å². The van der Waals surface area contributed by atoms with E-state index in [2.05, 4.69) is 29.9 Å². The second-order valence-corrected chi connectivity index (χ2v) is 12.0. The zero-order valence-electron chi connectivity index (χ0n) is 22.5. The van der Waals surface area contributed by atoms with E-state index in [1.54, 1.807) is 0 Å². The summed E-state index contributed by atoms with van der Waals surface area (Å²) in [6, 6.07) is 0. The molecule has 6 heterocycles. The molecule has 0 spiro atoms. The second-order valence-electron chi connectivity index (χ2n) is 9.82. The maximum absolute atomic E-state index is 13.1. The second kappa shape index (κ2) is 12.1. The molecule has 10 N–H and O–H groups in total. The fourth-order valence-corrected chi connectivity index (χ4v) is 6.55. The van der Waals surface area contributed by atoms with E-state index in [9.17, 15) is 39.0 Å². The van der Waals surface area contributed by atoms with Crippen LogP contribution in [0.25, 0.3) is 22.3 Å². The fraction of sp³-hybridized carbons (Fsp3) is 0.500. The van der Waals surface area contributed by atoms with Crippen LogP contribution in [0, 0.1) is 0 Å². The van der Waals surface area contributed by atoms with Crippen LogP contribution in [0.5, 0.6) is 0 Å². The highest BCUT2D eigenvalue weighted by Gasteiger charge is 2.51. The van der Waals surface area contributed by atoms with E-state index in [0.717, 1.165) is 17.2 Å². The number of H-pyrrole nitrogens is 1. The molecule has 244 valence electrons. The molecule has 0 saturated carbocycles. The molecule has 2 aliphatic heterocycles. The minimum absolute atomic E-state index is 0.0174. The number of aliphatic hydroxyl groups is 3. The number of aromatic amines is 1. The Morgan fingerprint density at radius 3 is 2.40 bits per heavy atom. The lowest BCUT2D eigenvalue weighted by Crippen LogP contribution is -2.36. The van der Waals surface area contributed by atoms with Crippen molar-refractivity contribution < 1.29 is 57.3 Å². The third kappa shape index (κ3) is 5.85. The first-order valence-electron chi connectivity index (χ1n) is 12.9. The molecule has 0 amide bonds. The summed E-state index contributed by atoms with van der Waals surface area (Å²) in [5, 5.41) is 31.4. The topological polar surface area (TPSA) is 341 Å². The minimum atomic E-state index is -5.16. The Morgan fingerprint density at radius 1 is 1.00 bits per heavy atom. The maximum atomic E-state index is 13.1. The number of aliphatic hydroxyl groups excluding tert-OH is 3. The molecule has 2 fully saturated rings. The van der Waals surface area contributed by atoms with Gasteiger partial charge in [-0.1, -0.05) is 0 Å². The summed E-state index contributed by atoms with van der Waals surface area (Å²) in [7, 11) is -8.84. The van der Waals surface area contributed by atoms with Crippen molar-refractivity contribution in [2.45, 2.75) is 49.1 Å². The molecule has 0 radical (unpaired) electrons. The van der Waals surface area contributed by atoms with Crippen molar-refractivity contribution in [1.82, 2.24) is 39.0 Å². The summed E-state index contributed by atoms with van der Waals surface area (Å²) in [4.78, 5) is 54.4. The Labute approximate surface area is 249 Å². The lowest BCUT2D eigenvalue weighted by molar-refractivity contribution is -0.0609. The Morgan fingerprint density at radius 2 is 1.69 bits per heavy atom. The van der Waals surface area contributed by atoms with Gasteiger partial charge in [0.2, 0.25) is 5.95 Å². The normalized spacial score (nSPS) is 30.7. The van der Waals surface area contributed by atoms with Gasteiger partial charge in [0.1, 0.15) is 42.1 Å². The Hall–Kier alpha value is -3.44. The van der Waals surface area contributed by atoms with E-state index in [1.807, 2.05) is 0 Å². The largest absolute Gasteiger partial charge is 0.472 e. The van der Waals surface area contributed by atoms with Crippen LogP contribution in [0.1, 0.15) is 12.5 Å². The fourth-order valence-electron chi connectivity index (χ4n) is 5.10. The molecule has 2 saturated heterocycles. The van der Waals surface area contributed by atoms with Crippen LogP contribution in [0.2, 0.25) is 0 Å². The first-order valence-corrected chi connectivity index (χ1v) is 15.6. The number of nitrogen functional groups attached to an aromatic ring is 2. The summed E-state index contributed by atoms with van der Waals surface area (Å²) in [6.45, 7) is -1.57. The third-order valence-corrected chi connectivity index (χ3v) is 8.53. The van der Waals surface area contributed by atoms with Gasteiger partial charge >= 0.3 is 16.1 Å². The van der Waals surface area contributed by atoms with Gasteiger partial charge in [-0.3, -0.25) is 27.5 Å². The van der Waals surface area contributed by atoms with Crippen molar-refractivity contribution >= 4 is 50.2 Å². The number of anilines is 2. The molecule has 45 heavy (non-hydrogen) atoms. The smallest absolute Gasteiger partial charge is 0.394 e. The Kier molecular flexibility index (Phi) is 8.45. The molecular formula is C20H26N10O13P2. The lowest BCUT2D eigenvalue weighted by atomic mass is 10.1. The molecular weight excluding hydrogens is 650 g/mol. The van der Waals surface area contributed by atoms with E-state index in [-0.39, 0.29) is 34.1 Å². The molecule has 0 bridgehead atoms. The summed E-state index contributed by atoms with van der Waals surface area (Å²) in [5.74, 6) is -0.284. The molecule has 4 aromatic rings. The summed E-state index contributed by atoms with van der Waals surface area (Å²) in [6.07, 6.45) is -8.73. The number of ether oxygens (including phenoxy) is 2. The number of nitrogens with one attached hydrogen (secondary N) is 1. The predicted octanol–water partition coefficient (Wildman–Crippen LogP) is -3.10. The highest BCUT2D eigenvalue weighted by Crippen LogP contribution is 2.50. The third-order valence-electron chi connectivity index (χ3n) is 7.08. The van der Waals surface area contributed by atoms with Gasteiger partial charge in [0, 0.05) is 0 Å². The zero-order valence-corrected chi connectivity index (χ0v) is 24.4. The average molecular weight is 676 g/mol. The minimum Gasteiger partial charge on any atom is -0.394 e. The predicted molar refractivity (Wildman–Crippen MR) is 146 cm³/mol. The van der Waals surface area contributed by atoms with Crippen LogP contribution in [-0.4, -0.2) is 114 Å². The number of nitrogens with zero attached hydrogens (tertiary/aromatic N) is 7. The molecule has 2 unspecified atom stereocenters. The number of nitrogens with two attached hydrogens (primary N) is 2. The quantitative estimate of drug-likeness (QED) is 0.0771. The van der Waals surface area contributed by atoms with E-state index in [0.29, 0.717) is 0 Å². The molecule has 0 aliphatic carbocycles. The molecule has 25 heteroatoms. The number of phosphoric ester groups is 1. The number of aromatic nitrogens is 8. The van der Waals surface area contributed by atoms with Crippen LogP contribution >= 0.6 is 16.1 Å². The number of hydrogen-bond acceptors (Lipinski definition) is 18. The van der Waals surface area contributed by atoms with E-state index in [1.165, 1.54) is 10.9 Å². The molecule has 0 aromatic carbocycles. The summed E-state index contributed by atoms with van der Waals surface area (Å²) in [5.41, 5.74) is 10.9. The van der Waals surface area contributed by atoms with E-state index in [4.69, 9.17) is 34.5 Å². The monoisotopic (exact) mass is 676 g/mol. The van der Waals surface area contributed by atoms with Crippen molar-refractivity contribution in [3.8, 4) is 0 Å². The van der Waals surface area contributed by atoms with Gasteiger partial charge in [0.15, 0.2) is 35.1 Å². The first kappa shape index (κ1) is 31.5. The van der Waals surface area contributed by atoms with Gasteiger partial charge in [-0.05, 0) is 0 Å². The summed E-state index contributed by atoms with van der Waals surface area (Å²) >= 11 is 0. The van der Waals surface area contributed by atoms with Crippen LogP contribution < -0.4 is 17.0 Å². The molecule has 23 nitrogen and oxygen atoms in total. The standard InChI is InChI=1S/C20H26N10O13P2/c21-14-8-16(28-20(22)27-14)30(4-25-8)18-11(33)12(42-44(35)36)7(41-18)2-39-45(37,38)43-13-10(32)6(1-31)40-19(13)29-5-26-9-15(29)23-3-24-17(9)34/h3-7,10-13,18-19,31-33,44H,1-2H2,(H,35,36)(H,37,38)(H,23,24,34)(H4,21,22,27,28)/t6-,7-,10-,11-,12-,13-,18-,19-/m1/s1. The van der Waals surface area contributed by atoms with E-state index < -0.39 is 83.9 Å². The molecule has 4 aromatic heterocycles. The highest BCUT2D eigenvalue weighted by molar-refractivity contribution is 7.47. The van der Waals surface area contributed by atoms with Crippen LogP contribution in [0.3, 0.4) is 0 Å². The Balaban J connectivity index is 1.22. The average Bonchev–Trinajstić information content (AvgIpc) is 3.73. The Bertz CT molecular complexity index is 1850. The van der Waals surface area contributed by atoms with Crippen LogP contribution in [0.4, 0.5) is 11.8 Å². The van der Waals surface area contributed by atoms with Crippen LogP contribution in [-0.2, 0) is 32.2 Å². The zero-order chi connectivity index (χ0) is 32.2. The van der Waals surface area contributed by atoms with Gasteiger partial charge in [-0.15, -0.1) is 0 Å². The van der Waals surface area contributed by atoms with Crippen molar-refractivity contribution in [3.63, 3.8) is 0 Å². The van der Waals surface area contributed by atoms with Gasteiger partial charge in [-0.25, -0.2) is 19.5 Å². The van der Waals surface area contributed by atoms with E-state index >= 15 is 0 Å². The number of imidazole rings is 2. The van der Waals surface area contributed by atoms with Gasteiger partial charge < -0.3 is 55.6 Å². The highest BCUT2D eigenvalue weighted by atomic mass is 31.2. The number of fused-ring (bicyclic) bond motifs is 2. The van der Waals surface area contributed by atoms with Crippen molar-refractivity contribution in [2.75, 3.05) is 24.7 Å². The van der Waals surface area contributed by atoms with Crippen molar-refractivity contribution in [2.24, 2.45) is 0 Å². The molecule has 2 aliphatic rings. The maximum Gasteiger partial charge on any atom is 0.472 e. The van der Waals surface area contributed by atoms with Gasteiger partial charge in [0.05, 0.1) is 32.2 Å². The number of phosphoric acid groups is 1. The SMILES string of the molecule is Nc1nc(N)c2ncn([C@@H]3O[C@H](COP(=O)(O)O[C@@H]4[C@H](O)[C@@H](CO)O[C@H]4n4cnc5c(=O)[nH]cnc54)[C@@H](O[PH](=O)O)[C@H]3O)c2n1. The van der Waals surface area contributed by atoms with Gasteiger partial charge in [0.25, 0.3) is 5.56 Å². The number of hydrogen-bond donors (Lipinski definition) is 8. The van der Waals surface area contributed by atoms with Crippen LogP contribution in [0.15, 0.2) is 23.8 Å². The summed E-state index contributed by atoms with van der Waals surface area (Å²) < 4.78 is 53.8.